The normalized spacial score (nSPS) is 17.1. The number of benzene rings is 1. The van der Waals surface area contributed by atoms with Crippen LogP contribution < -0.4 is 10.1 Å². The number of hydrogen-bond donors (Lipinski definition) is 1. The Labute approximate surface area is 104 Å². The summed E-state index contributed by atoms with van der Waals surface area (Å²) in [6.07, 6.45) is 3.83. The van der Waals surface area contributed by atoms with E-state index in [4.69, 9.17) is 4.74 Å². The maximum Gasteiger partial charge on any atom is 0.124 e. The minimum atomic E-state index is 0.850. The van der Waals surface area contributed by atoms with E-state index in [0.29, 0.717) is 0 Å². The van der Waals surface area contributed by atoms with E-state index in [-0.39, 0.29) is 0 Å². The molecule has 94 valence electrons. The van der Waals surface area contributed by atoms with Crippen LogP contribution in [-0.2, 0) is 6.42 Å². The van der Waals surface area contributed by atoms with Gasteiger partial charge in [-0.1, -0.05) is 12.1 Å². The number of methoxy groups -OCH3 is 1. The first kappa shape index (κ1) is 12.4. The second-order valence-electron chi connectivity index (χ2n) is 5.16. The molecule has 2 nitrogen and oxygen atoms in total. The molecule has 1 aromatic carbocycles. The van der Waals surface area contributed by atoms with E-state index in [1.165, 1.54) is 49.0 Å². The van der Waals surface area contributed by atoms with Crippen LogP contribution in [0, 0.1) is 19.8 Å². The van der Waals surface area contributed by atoms with Gasteiger partial charge < -0.3 is 10.1 Å². The Kier molecular flexibility index (Phi) is 4.06. The summed E-state index contributed by atoms with van der Waals surface area (Å²) in [7, 11) is 1.75. The second-order valence-corrected chi connectivity index (χ2v) is 5.16. The van der Waals surface area contributed by atoms with Gasteiger partial charge in [0.2, 0.25) is 0 Å². The quantitative estimate of drug-likeness (QED) is 0.867. The van der Waals surface area contributed by atoms with Crippen LogP contribution in [0.1, 0.15) is 29.5 Å². The summed E-state index contributed by atoms with van der Waals surface area (Å²) in [5.74, 6) is 1.89. The summed E-state index contributed by atoms with van der Waals surface area (Å²) in [4.78, 5) is 0. The number of piperidine rings is 1. The molecule has 0 radical (unpaired) electrons. The van der Waals surface area contributed by atoms with Crippen molar-refractivity contribution in [1.82, 2.24) is 5.32 Å². The topological polar surface area (TPSA) is 21.3 Å². The van der Waals surface area contributed by atoms with Crippen LogP contribution in [0.25, 0.3) is 0 Å². The largest absolute Gasteiger partial charge is 0.496 e. The van der Waals surface area contributed by atoms with Crippen LogP contribution >= 0.6 is 0 Å². The van der Waals surface area contributed by atoms with Gasteiger partial charge in [-0.05, 0) is 68.8 Å². The molecule has 2 rings (SSSR count). The summed E-state index contributed by atoms with van der Waals surface area (Å²) >= 11 is 0. The third-order valence-electron chi connectivity index (χ3n) is 3.71. The highest BCUT2D eigenvalue weighted by atomic mass is 16.5. The first-order valence-electron chi connectivity index (χ1n) is 6.55. The van der Waals surface area contributed by atoms with Crippen LogP contribution in [0.2, 0.25) is 0 Å². The molecule has 1 aromatic rings. The Morgan fingerprint density at radius 2 is 1.76 bits per heavy atom. The average Bonchev–Trinajstić information content (AvgIpc) is 2.30. The molecular weight excluding hydrogens is 210 g/mol. The van der Waals surface area contributed by atoms with E-state index >= 15 is 0 Å². The Balaban J connectivity index is 2.10. The molecule has 0 unspecified atom stereocenters. The minimum absolute atomic E-state index is 0.850. The summed E-state index contributed by atoms with van der Waals surface area (Å²) in [5, 5.41) is 3.42. The van der Waals surface area contributed by atoms with Crippen molar-refractivity contribution in [2.24, 2.45) is 5.92 Å². The van der Waals surface area contributed by atoms with E-state index in [2.05, 4.69) is 31.3 Å². The third-order valence-corrected chi connectivity index (χ3v) is 3.71. The molecule has 1 heterocycles. The number of aryl methyl sites for hydroxylation is 2. The molecule has 0 atom stereocenters. The smallest absolute Gasteiger partial charge is 0.124 e. The molecule has 2 heteroatoms. The minimum Gasteiger partial charge on any atom is -0.496 e. The summed E-state index contributed by atoms with van der Waals surface area (Å²) in [5.41, 5.74) is 3.99. The Bertz CT molecular complexity index is 358. The fourth-order valence-electron chi connectivity index (χ4n) is 2.90. The van der Waals surface area contributed by atoms with Gasteiger partial charge in [0, 0.05) is 0 Å². The van der Waals surface area contributed by atoms with Crippen molar-refractivity contribution in [3.05, 3.63) is 28.8 Å². The monoisotopic (exact) mass is 233 g/mol. The average molecular weight is 233 g/mol. The van der Waals surface area contributed by atoms with E-state index in [0.717, 1.165) is 11.7 Å². The van der Waals surface area contributed by atoms with Crippen molar-refractivity contribution in [2.75, 3.05) is 20.2 Å². The van der Waals surface area contributed by atoms with E-state index in [1.54, 1.807) is 7.11 Å². The van der Waals surface area contributed by atoms with Gasteiger partial charge in [0.1, 0.15) is 5.75 Å². The number of ether oxygens (including phenoxy) is 1. The Morgan fingerprint density at radius 3 is 2.29 bits per heavy atom. The van der Waals surface area contributed by atoms with E-state index in [9.17, 15) is 0 Å². The van der Waals surface area contributed by atoms with Gasteiger partial charge in [0.05, 0.1) is 7.11 Å². The van der Waals surface area contributed by atoms with Crippen molar-refractivity contribution >= 4 is 0 Å². The molecule has 0 saturated carbocycles. The summed E-state index contributed by atoms with van der Waals surface area (Å²) < 4.78 is 5.41. The van der Waals surface area contributed by atoms with Gasteiger partial charge in [-0.15, -0.1) is 0 Å². The first-order chi connectivity index (χ1) is 8.20. The zero-order valence-electron chi connectivity index (χ0n) is 11.2. The van der Waals surface area contributed by atoms with Gasteiger partial charge in [-0.25, -0.2) is 0 Å². The van der Waals surface area contributed by atoms with E-state index in [1.807, 2.05) is 0 Å². The molecule has 17 heavy (non-hydrogen) atoms. The lowest BCUT2D eigenvalue weighted by molar-refractivity contribution is 0.372. The summed E-state index contributed by atoms with van der Waals surface area (Å²) in [6, 6.07) is 4.57. The van der Waals surface area contributed by atoms with Gasteiger partial charge in [0.15, 0.2) is 0 Å². The lowest BCUT2D eigenvalue weighted by Gasteiger charge is -2.23. The molecule has 0 bridgehead atoms. The van der Waals surface area contributed by atoms with Gasteiger partial charge in [-0.2, -0.15) is 0 Å². The highest BCUT2D eigenvalue weighted by Gasteiger charge is 2.14. The maximum atomic E-state index is 5.41. The standard InChI is InChI=1S/C15H23NO/c1-11-8-14(9-12(2)15(11)17-3)10-13-4-6-16-7-5-13/h8-9,13,16H,4-7,10H2,1-3H3. The molecule has 0 aliphatic carbocycles. The summed E-state index contributed by atoms with van der Waals surface area (Å²) in [6.45, 7) is 6.63. The number of hydrogen-bond acceptors (Lipinski definition) is 2. The molecule has 1 fully saturated rings. The highest BCUT2D eigenvalue weighted by molar-refractivity contribution is 5.43. The molecule has 0 aromatic heterocycles. The van der Waals surface area contributed by atoms with Crippen molar-refractivity contribution in [2.45, 2.75) is 33.1 Å². The predicted octanol–water partition coefficient (Wildman–Crippen LogP) is 2.85. The Morgan fingerprint density at radius 1 is 1.18 bits per heavy atom. The van der Waals surface area contributed by atoms with Gasteiger partial charge >= 0.3 is 0 Å². The van der Waals surface area contributed by atoms with E-state index < -0.39 is 0 Å². The fourth-order valence-corrected chi connectivity index (χ4v) is 2.90. The highest BCUT2D eigenvalue weighted by Crippen LogP contribution is 2.27. The van der Waals surface area contributed by atoms with Crippen LogP contribution in [0.15, 0.2) is 12.1 Å². The molecule has 1 saturated heterocycles. The van der Waals surface area contributed by atoms with Gasteiger partial charge in [-0.3, -0.25) is 0 Å². The van der Waals surface area contributed by atoms with Crippen molar-refractivity contribution < 1.29 is 4.74 Å². The second kappa shape index (κ2) is 5.54. The van der Waals surface area contributed by atoms with Crippen LogP contribution in [0.3, 0.4) is 0 Å². The number of rotatable bonds is 3. The SMILES string of the molecule is COc1c(C)cc(CC2CCNCC2)cc1C. The first-order valence-corrected chi connectivity index (χ1v) is 6.55. The molecule has 0 amide bonds. The third kappa shape index (κ3) is 3.01. The van der Waals surface area contributed by atoms with Crippen molar-refractivity contribution in [3.8, 4) is 5.75 Å². The predicted molar refractivity (Wildman–Crippen MR) is 71.8 cm³/mol. The zero-order valence-corrected chi connectivity index (χ0v) is 11.2. The van der Waals surface area contributed by atoms with Crippen molar-refractivity contribution in [1.29, 1.82) is 0 Å². The molecular formula is C15H23NO. The molecule has 1 aliphatic rings. The van der Waals surface area contributed by atoms with Gasteiger partial charge in [0.25, 0.3) is 0 Å². The molecule has 1 N–H and O–H groups in total. The lowest BCUT2D eigenvalue weighted by Crippen LogP contribution is -2.28. The molecule has 1 aliphatic heterocycles. The maximum absolute atomic E-state index is 5.41. The lowest BCUT2D eigenvalue weighted by atomic mass is 9.89. The number of nitrogens with one attached hydrogen (secondary N) is 1. The fraction of sp³-hybridized carbons (Fsp3) is 0.600. The van der Waals surface area contributed by atoms with Crippen LogP contribution in [0.4, 0.5) is 0 Å². The van der Waals surface area contributed by atoms with Crippen molar-refractivity contribution in [3.63, 3.8) is 0 Å². The molecule has 0 spiro atoms. The zero-order chi connectivity index (χ0) is 12.3. The Hall–Kier alpha value is -1.02. The van der Waals surface area contributed by atoms with Crippen LogP contribution in [0.5, 0.6) is 5.75 Å². The van der Waals surface area contributed by atoms with Crippen LogP contribution in [-0.4, -0.2) is 20.2 Å².